The number of sulfonamides is 1. The second-order valence-electron chi connectivity index (χ2n) is 6.28. The van der Waals surface area contributed by atoms with Gasteiger partial charge in [0, 0.05) is 13.1 Å². The maximum Gasteiger partial charge on any atom is 0.243 e. The van der Waals surface area contributed by atoms with Crippen LogP contribution in [-0.2, 0) is 27.8 Å². The van der Waals surface area contributed by atoms with E-state index in [2.05, 4.69) is 6.92 Å². The average Bonchev–Trinajstić information content (AvgIpc) is 2.56. The Labute approximate surface area is 148 Å². The Morgan fingerprint density at radius 2 is 1.64 bits per heavy atom. The number of benzene rings is 2. The van der Waals surface area contributed by atoms with Crippen LogP contribution in [0.2, 0.25) is 0 Å². The normalized spacial score (nSPS) is 15.9. The fraction of sp³-hybridized carbons (Fsp3) is 0.368. The van der Waals surface area contributed by atoms with Gasteiger partial charge in [-0.05, 0) is 41.8 Å². The van der Waals surface area contributed by atoms with Crippen molar-refractivity contribution < 1.29 is 17.5 Å². The predicted molar refractivity (Wildman–Crippen MR) is 94.2 cm³/mol. The molecule has 3 rings (SSSR count). The van der Waals surface area contributed by atoms with Gasteiger partial charge in [-0.2, -0.15) is 4.31 Å². The van der Waals surface area contributed by atoms with Crippen LogP contribution in [0.15, 0.2) is 53.4 Å². The molecule has 1 fully saturated rings. The van der Waals surface area contributed by atoms with Crippen molar-refractivity contribution in [2.75, 3.05) is 13.1 Å². The Balaban J connectivity index is 1.53. The molecule has 0 spiro atoms. The van der Waals surface area contributed by atoms with Crippen LogP contribution in [-0.4, -0.2) is 31.9 Å². The highest BCUT2D eigenvalue weighted by Gasteiger charge is 2.37. The zero-order valence-electron chi connectivity index (χ0n) is 14.2. The Kier molecular flexibility index (Phi) is 5.51. The third-order valence-corrected chi connectivity index (χ3v) is 6.16. The van der Waals surface area contributed by atoms with Crippen molar-refractivity contribution in [3.05, 3.63) is 65.5 Å². The van der Waals surface area contributed by atoms with Crippen LogP contribution in [0.5, 0.6) is 0 Å². The van der Waals surface area contributed by atoms with E-state index < -0.39 is 10.0 Å². The first-order chi connectivity index (χ1) is 12.0. The lowest BCUT2D eigenvalue weighted by Crippen LogP contribution is -2.54. The molecule has 1 aliphatic rings. The minimum atomic E-state index is -3.45. The van der Waals surface area contributed by atoms with E-state index >= 15 is 0 Å². The number of halogens is 1. The summed E-state index contributed by atoms with van der Waals surface area (Å²) in [6, 6.07) is 13.2. The van der Waals surface area contributed by atoms with Gasteiger partial charge in [-0.25, -0.2) is 12.8 Å². The van der Waals surface area contributed by atoms with Gasteiger partial charge in [0.2, 0.25) is 10.0 Å². The molecule has 2 aromatic rings. The van der Waals surface area contributed by atoms with Crippen molar-refractivity contribution in [2.24, 2.45) is 0 Å². The molecule has 0 N–H and O–H groups in total. The van der Waals surface area contributed by atoms with Crippen molar-refractivity contribution in [3.63, 3.8) is 0 Å². The Morgan fingerprint density at radius 1 is 1.04 bits per heavy atom. The summed E-state index contributed by atoms with van der Waals surface area (Å²) in [6.07, 6.45) is 1.86. The molecular weight excluding hydrogens is 341 g/mol. The van der Waals surface area contributed by atoms with E-state index in [1.165, 1.54) is 16.4 Å². The molecule has 0 aromatic heterocycles. The largest absolute Gasteiger partial charge is 0.371 e. The summed E-state index contributed by atoms with van der Waals surface area (Å²) in [6.45, 7) is 3.14. The number of hydrogen-bond donors (Lipinski definition) is 0. The first-order valence-corrected chi connectivity index (χ1v) is 9.88. The lowest BCUT2D eigenvalue weighted by Gasteiger charge is -2.37. The molecule has 2 aromatic carbocycles. The first-order valence-electron chi connectivity index (χ1n) is 8.44. The van der Waals surface area contributed by atoms with E-state index in [9.17, 15) is 12.8 Å². The van der Waals surface area contributed by atoms with Gasteiger partial charge in [-0.1, -0.05) is 37.6 Å². The average molecular weight is 363 g/mol. The van der Waals surface area contributed by atoms with Crippen LogP contribution < -0.4 is 0 Å². The summed E-state index contributed by atoms with van der Waals surface area (Å²) in [5, 5.41) is 0. The van der Waals surface area contributed by atoms with Crippen LogP contribution in [0.4, 0.5) is 4.39 Å². The number of rotatable bonds is 7. The molecule has 0 amide bonds. The molecule has 1 aliphatic heterocycles. The molecule has 0 radical (unpaired) electrons. The van der Waals surface area contributed by atoms with Crippen LogP contribution in [0.25, 0.3) is 0 Å². The number of nitrogens with zero attached hydrogens (tertiary/aromatic N) is 1. The third kappa shape index (κ3) is 4.26. The van der Waals surface area contributed by atoms with Crippen molar-refractivity contribution in [2.45, 2.75) is 37.4 Å². The second kappa shape index (κ2) is 7.64. The smallest absolute Gasteiger partial charge is 0.243 e. The van der Waals surface area contributed by atoms with E-state index in [1.54, 1.807) is 24.3 Å². The zero-order valence-corrected chi connectivity index (χ0v) is 15.0. The van der Waals surface area contributed by atoms with Crippen molar-refractivity contribution in [1.29, 1.82) is 0 Å². The zero-order chi connectivity index (χ0) is 17.9. The molecule has 0 atom stereocenters. The van der Waals surface area contributed by atoms with Crippen molar-refractivity contribution >= 4 is 10.0 Å². The maximum atomic E-state index is 12.9. The molecule has 4 nitrogen and oxygen atoms in total. The standard InChI is InChI=1S/C19H22FNO3S/c1-2-3-15-6-10-19(11-7-15)25(22,23)21-12-18(13-21)24-14-16-4-8-17(20)9-5-16/h4-11,18H,2-3,12-14H2,1H3. The fourth-order valence-corrected chi connectivity index (χ4v) is 4.27. The van der Waals surface area contributed by atoms with Gasteiger partial charge in [0.05, 0.1) is 17.6 Å². The molecule has 0 bridgehead atoms. The van der Waals surface area contributed by atoms with Gasteiger partial charge in [0.15, 0.2) is 0 Å². The SMILES string of the molecule is CCCc1ccc(S(=O)(=O)N2CC(OCc3ccc(F)cc3)C2)cc1. The Bertz CT molecular complexity index is 798. The van der Waals surface area contributed by atoms with Crippen LogP contribution in [0.1, 0.15) is 24.5 Å². The van der Waals surface area contributed by atoms with E-state index in [4.69, 9.17) is 4.74 Å². The second-order valence-corrected chi connectivity index (χ2v) is 8.21. The Hall–Kier alpha value is -1.76. The van der Waals surface area contributed by atoms with Gasteiger partial charge in [-0.3, -0.25) is 0 Å². The van der Waals surface area contributed by atoms with Crippen molar-refractivity contribution in [1.82, 2.24) is 4.31 Å². The molecular formula is C19H22FNO3S. The third-order valence-electron chi connectivity index (χ3n) is 4.31. The minimum absolute atomic E-state index is 0.126. The molecule has 134 valence electrons. The quantitative estimate of drug-likeness (QED) is 0.758. The topological polar surface area (TPSA) is 46.6 Å². The monoisotopic (exact) mass is 363 g/mol. The van der Waals surface area contributed by atoms with Crippen LogP contribution >= 0.6 is 0 Å². The molecule has 1 saturated heterocycles. The Morgan fingerprint density at radius 3 is 2.24 bits per heavy atom. The van der Waals surface area contributed by atoms with E-state index in [0.717, 1.165) is 24.0 Å². The summed E-state index contributed by atoms with van der Waals surface area (Å²) in [5.41, 5.74) is 2.01. The lowest BCUT2D eigenvalue weighted by atomic mass is 10.1. The predicted octanol–water partition coefficient (Wildman–Crippen LogP) is 3.37. The number of aryl methyl sites for hydroxylation is 1. The molecule has 0 unspecified atom stereocenters. The van der Waals surface area contributed by atoms with Gasteiger partial charge in [0.25, 0.3) is 0 Å². The maximum absolute atomic E-state index is 12.9. The van der Waals surface area contributed by atoms with Gasteiger partial charge < -0.3 is 4.74 Å². The highest BCUT2D eigenvalue weighted by atomic mass is 32.2. The van der Waals surface area contributed by atoms with Crippen molar-refractivity contribution in [3.8, 4) is 0 Å². The van der Waals surface area contributed by atoms with Crippen LogP contribution in [0, 0.1) is 5.82 Å². The van der Waals surface area contributed by atoms with Crippen LogP contribution in [0.3, 0.4) is 0 Å². The summed E-state index contributed by atoms with van der Waals surface area (Å²) in [5.74, 6) is -0.283. The highest BCUT2D eigenvalue weighted by Crippen LogP contribution is 2.24. The molecule has 25 heavy (non-hydrogen) atoms. The first kappa shape index (κ1) is 18.0. The summed E-state index contributed by atoms with van der Waals surface area (Å²) in [4.78, 5) is 0.323. The summed E-state index contributed by atoms with van der Waals surface area (Å²) in [7, 11) is -3.45. The summed E-state index contributed by atoms with van der Waals surface area (Å²) < 4.78 is 45.1. The van der Waals surface area contributed by atoms with Gasteiger partial charge in [0.1, 0.15) is 5.82 Å². The van der Waals surface area contributed by atoms with E-state index in [0.29, 0.717) is 24.6 Å². The molecule has 0 aliphatic carbocycles. The number of hydrogen-bond acceptors (Lipinski definition) is 3. The van der Waals surface area contributed by atoms with Gasteiger partial charge >= 0.3 is 0 Å². The fourth-order valence-electron chi connectivity index (χ4n) is 2.76. The molecule has 0 saturated carbocycles. The minimum Gasteiger partial charge on any atom is -0.371 e. The van der Waals surface area contributed by atoms with E-state index in [1.807, 2.05) is 12.1 Å². The molecule has 1 heterocycles. The molecule has 6 heteroatoms. The summed E-state index contributed by atoms with van der Waals surface area (Å²) >= 11 is 0. The number of ether oxygens (including phenoxy) is 1. The van der Waals surface area contributed by atoms with E-state index in [-0.39, 0.29) is 11.9 Å². The lowest BCUT2D eigenvalue weighted by molar-refractivity contribution is -0.0295. The highest BCUT2D eigenvalue weighted by molar-refractivity contribution is 7.89. The van der Waals surface area contributed by atoms with Gasteiger partial charge in [-0.15, -0.1) is 0 Å².